The number of aromatic nitrogens is 6. The molecule has 3 aromatic heterocycles. The maximum absolute atomic E-state index is 12.9. The number of hydrogen-bond acceptors (Lipinski definition) is 8. The van der Waals surface area contributed by atoms with Crippen molar-refractivity contribution >= 4 is 22.9 Å². The summed E-state index contributed by atoms with van der Waals surface area (Å²) in [6, 6.07) is 0.110. The average molecular weight is 451 g/mol. The highest BCUT2D eigenvalue weighted by atomic mass is 16.3. The fraction of sp³-hybridized carbons (Fsp3) is 0.565. The minimum absolute atomic E-state index is 0.0393. The summed E-state index contributed by atoms with van der Waals surface area (Å²) in [5.41, 5.74) is 2.31. The summed E-state index contributed by atoms with van der Waals surface area (Å²) in [6.07, 6.45) is 8.73. The van der Waals surface area contributed by atoms with E-state index < -0.39 is 0 Å². The molecule has 174 valence electrons. The molecule has 5 rings (SSSR count). The summed E-state index contributed by atoms with van der Waals surface area (Å²) < 4.78 is 2.04. The number of nitrogens with one attached hydrogen (secondary N) is 1. The molecule has 33 heavy (non-hydrogen) atoms. The van der Waals surface area contributed by atoms with Crippen molar-refractivity contribution < 1.29 is 9.90 Å². The second-order valence-corrected chi connectivity index (χ2v) is 9.01. The van der Waals surface area contributed by atoms with Crippen LogP contribution in [-0.4, -0.2) is 70.6 Å². The first kappa shape index (κ1) is 21.7. The van der Waals surface area contributed by atoms with Crippen LogP contribution >= 0.6 is 0 Å². The lowest BCUT2D eigenvalue weighted by Crippen LogP contribution is -2.38. The maximum atomic E-state index is 12.9. The van der Waals surface area contributed by atoms with Crippen LogP contribution in [-0.2, 0) is 11.3 Å². The molecule has 2 N–H and O–H groups in total. The number of rotatable bonds is 5. The molecule has 1 atom stereocenters. The van der Waals surface area contributed by atoms with Gasteiger partial charge in [-0.2, -0.15) is 0 Å². The van der Waals surface area contributed by atoms with Crippen molar-refractivity contribution in [1.29, 1.82) is 0 Å². The molecule has 0 bridgehead atoms. The van der Waals surface area contributed by atoms with Crippen molar-refractivity contribution in [2.75, 3.05) is 18.4 Å². The predicted octanol–water partition coefficient (Wildman–Crippen LogP) is 2.18. The third-order valence-electron chi connectivity index (χ3n) is 6.77. The molecule has 1 aliphatic heterocycles. The van der Waals surface area contributed by atoms with Gasteiger partial charge in [0.15, 0.2) is 17.0 Å². The standard InChI is InChI=1S/C23H30N8O2/c1-3-31-21(16-10-24-14(2)25-11-16)29-19-20(26-13-27-22(19)31)28-17-8-9-30(12-17)23(33)15-4-6-18(32)7-5-15/h10-11,13,15,17-18,32H,3-9,12H2,1-2H3,(H,26,27,28). The molecule has 3 aromatic rings. The first-order valence-corrected chi connectivity index (χ1v) is 11.8. The van der Waals surface area contributed by atoms with Crippen molar-refractivity contribution in [3.63, 3.8) is 0 Å². The lowest BCUT2D eigenvalue weighted by molar-refractivity contribution is -0.136. The van der Waals surface area contributed by atoms with Gasteiger partial charge in [-0.3, -0.25) is 4.79 Å². The zero-order chi connectivity index (χ0) is 22.9. The fourth-order valence-electron chi connectivity index (χ4n) is 4.92. The van der Waals surface area contributed by atoms with Crippen LogP contribution in [0.2, 0.25) is 0 Å². The Morgan fingerprint density at radius 3 is 2.61 bits per heavy atom. The molecule has 0 spiro atoms. The van der Waals surface area contributed by atoms with E-state index in [4.69, 9.17) is 4.98 Å². The van der Waals surface area contributed by atoms with E-state index in [1.165, 1.54) is 0 Å². The van der Waals surface area contributed by atoms with Gasteiger partial charge in [-0.1, -0.05) is 0 Å². The molecule has 2 fully saturated rings. The first-order valence-electron chi connectivity index (χ1n) is 11.8. The summed E-state index contributed by atoms with van der Waals surface area (Å²) in [5, 5.41) is 13.2. The number of imidazole rings is 1. The zero-order valence-corrected chi connectivity index (χ0v) is 19.1. The van der Waals surface area contributed by atoms with Gasteiger partial charge in [-0.05, 0) is 46.0 Å². The van der Waals surface area contributed by atoms with Gasteiger partial charge in [-0.15, -0.1) is 0 Å². The Bertz CT molecular complexity index is 1140. The number of nitrogens with zero attached hydrogens (tertiary/aromatic N) is 7. The lowest BCUT2D eigenvalue weighted by atomic mass is 9.86. The average Bonchev–Trinajstić information content (AvgIpc) is 3.45. The van der Waals surface area contributed by atoms with Crippen molar-refractivity contribution in [2.24, 2.45) is 5.92 Å². The molecule has 0 radical (unpaired) electrons. The second kappa shape index (κ2) is 9.01. The van der Waals surface area contributed by atoms with Crippen LogP contribution in [0.1, 0.15) is 44.9 Å². The number of aryl methyl sites for hydroxylation is 2. The van der Waals surface area contributed by atoms with Gasteiger partial charge in [0.2, 0.25) is 5.91 Å². The van der Waals surface area contributed by atoms with E-state index in [1.807, 2.05) is 16.4 Å². The smallest absolute Gasteiger partial charge is 0.225 e. The molecule has 10 heteroatoms. The zero-order valence-electron chi connectivity index (χ0n) is 19.1. The number of carbonyl (C=O) groups excluding carboxylic acids is 1. The highest BCUT2D eigenvalue weighted by molar-refractivity contribution is 5.86. The van der Waals surface area contributed by atoms with E-state index in [9.17, 15) is 9.90 Å². The molecule has 1 saturated heterocycles. The summed E-state index contributed by atoms with van der Waals surface area (Å²) in [7, 11) is 0. The van der Waals surface area contributed by atoms with Gasteiger partial charge in [0, 0.05) is 44.0 Å². The highest BCUT2D eigenvalue weighted by Crippen LogP contribution is 2.29. The number of amides is 1. The monoisotopic (exact) mass is 450 g/mol. The van der Waals surface area contributed by atoms with Gasteiger partial charge < -0.3 is 19.9 Å². The molecular formula is C23H30N8O2. The Morgan fingerprint density at radius 1 is 1.12 bits per heavy atom. The lowest BCUT2D eigenvalue weighted by Gasteiger charge is -2.28. The number of hydrogen-bond donors (Lipinski definition) is 2. The maximum Gasteiger partial charge on any atom is 0.225 e. The Balaban J connectivity index is 1.34. The third-order valence-corrected chi connectivity index (χ3v) is 6.77. The summed E-state index contributed by atoms with van der Waals surface area (Å²) in [4.78, 5) is 37.3. The fourth-order valence-corrected chi connectivity index (χ4v) is 4.92. The van der Waals surface area contributed by atoms with Crippen LogP contribution < -0.4 is 5.32 Å². The van der Waals surface area contributed by atoms with Crippen LogP contribution in [0.3, 0.4) is 0 Å². The van der Waals surface area contributed by atoms with Crippen LogP contribution in [0.5, 0.6) is 0 Å². The van der Waals surface area contributed by atoms with Crippen LogP contribution in [0.25, 0.3) is 22.6 Å². The van der Waals surface area contributed by atoms with E-state index in [-0.39, 0.29) is 24.0 Å². The molecule has 10 nitrogen and oxygen atoms in total. The molecule has 1 aliphatic carbocycles. The van der Waals surface area contributed by atoms with Crippen LogP contribution in [0.4, 0.5) is 5.82 Å². The van der Waals surface area contributed by atoms with E-state index in [0.29, 0.717) is 30.2 Å². The van der Waals surface area contributed by atoms with Gasteiger partial charge in [0.1, 0.15) is 18.0 Å². The molecule has 0 aromatic carbocycles. The first-order chi connectivity index (χ1) is 16.0. The quantitative estimate of drug-likeness (QED) is 0.607. The van der Waals surface area contributed by atoms with Crippen molar-refractivity contribution in [3.05, 3.63) is 24.5 Å². The summed E-state index contributed by atoms with van der Waals surface area (Å²) >= 11 is 0. The largest absolute Gasteiger partial charge is 0.393 e. The van der Waals surface area contributed by atoms with Gasteiger partial charge >= 0.3 is 0 Å². The predicted molar refractivity (Wildman–Crippen MR) is 123 cm³/mol. The second-order valence-electron chi connectivity index (χ2n) is 9.01. The van der Waals surface area contributed by atoms with Crippen LogP contribution in [0.15, 0.2) is 18.7 Å². The van der Waals surface area contributed by atoms with Gasteiger partial charge in [-0.25, -0.2) is 24.9 Å². The number of anilines is 1. The minimum Gasteiger partial charge on any atom is -0.393 e. The molecule has 4 heterocycles. The molecule has 1 unspecified atom stereocenters. The van der Waals surface area contributed by atoms with E-state index in [1.54, 1.807) is 18.7 Å². The van der Waals surface area contributed by atoms with Crippen molar-refractivity contribution in [1.82, 2.24) is 34.4 Å². The van der Waals surface area contributed by atoms with Crippen LogP contribution in [0, 0.1) is 12.8 Å². The normalized spacial score (nSPS) is 23.2. The SMILES string of the molecule is CCn1c(-c2cnc(C)nc2)nc2c(NC3CCN(C(=O)C4CCC(O)CC4)C3)ncnc21. The molecule has 1 amide bonds. The number of fused-ring (bicyclic) bond motifs is 1. The van der Waals surface area contributed by atoms with E-state index in [0.717, 1.165) is 55.7 Å². The third kappa shape index (κ3) is 4.27. The highest BCUT2D eigenvalue weighted by Gasteiger charge is 2.33. The van der Waals surface area contributed by atoms with Crippen molar-refractivity contribution in [2.45, 2.75) is 64.6 Å². The van der Waals surface area contributed by atoms with E-state index in [2.05, 4.69) is 32.2 Å². The number of likely N-dealkylation sites (tertiary alicyclic amines) is 1. The Kier molecular flexibility index (Phi) is 5.92. The molecule has 2 aliphatic rings. The van der Waals surface area contributed by atoms with E-state index >= 15 is 0 Å². The summed E-state index contributed by atoms with van der Waals surface area (Å²) in [6.45, 7) is 6.00. The Hall–Kier alpha value is -3.14. The topological polar surface area (TPSA) is 122 Å². The Morgan fingerprint density at radius 2 is 1.88 bits per heavy atom. The summed E-state index contributed by atoms with van der Waals surface area (Å²) in [5.74, 6) is 2.42. The molecular weight excluding hydrogens is 420 g/mol. The molecule has 1 saturated carbocycles. The van der Waals surface area contributed by atoms with Gasteiger partial charge in [0.25, 0.3) is 0 Å². The van der Waals surface area contributed by atoms with Gasteiger partial charge in [0.05, 0.1) is 11.7 Å². The number of carbonyl (C=O) groups is 1. The number of aliphatic hydroxyl groups excluding tert-OH is 1. The Labute approximate surface area is 192 Å². The van der Waals surface area contributed by atoms with Crippen molar-refractivity contribution in [3.8, 4) is 11.4 Å². The number of aliphatic hydroxyl groups is 1. The minimum atomic E-state index is -0.249.